The van der Waals surface area contributed by atoms with E-state index in [2.05, 4.69) is 30.7 Å². The topological polar surface area (TPSA) is 98.2 Å². The Morgan fingerprint density at radius 3 is 2.61 bits per heavy atom. The van der Waals surface area contributed by atoms with Crippen molar-refractivity contribution in [3.8, 4) is 5.75 Å². The number of benzene rings is 1. The van der Waals surface area contributed by atoms with Gasteiger partial charge in [0.25, 0.3) is 0 Å². The van der Waals surface area contributed by atoms with E-state index in [0.717, 1.165) is 30.4 Å². The molecule has 7 heteroatoms. The molecule has 0 bridgehead atoms. The molecule has 1 fully saturated rings. The maximum atomic E-state index is 10.1. The Morgan fingerprint density at radius 2 is 1.93 bits per heavy atom. The molecule has 1 aliphatic rings. The number of aromatic nitrogens is 1. The van der Waals surface area contributed by atoms with Gasteiger partial charge in [-0.3, -0.25) is 0 Å². The van der Waals surface area contributed by atoms with Crippen molar-refractivity contribution in [1.82, 2.24) is 9.88 Å². The van der Waals surface area contributed by atoms with E-state index < -0.39 is 30.7 Å². The third-order valence-electron chi connectivity index (χ3n) is 5.60. The number of aliphatic hydroxyl groups excluding tert-OH is 3. The predicted octanol–water partition coefficient (Wildman–Crippen LogP) is 1.65. The fourth-order valence-corrected chi connectivity index (χ4v) is 3.74. The molecule has 1 aliphatic heterocycles. The SMILES string of the molecule is CCN(CCc1c[nH]c2cc(OC3OC(C)C(O)C(O)C3O)ccc12)C(C)C. The molecule has 28 heavy (non-hydrogen) atoms. The van der Waals surface area contributed by atoms with Gasteiger partial charge in [0.05, 0.1) is 6.10 Å². The van der Waals surface area contributed by atoms with Gasteiger partial charge in [-0.2, -0.15) is 0 Å². The summed E-state index contributed by atoms with van der Waals surface area (Å²) in [6.07, 6.45) is -2.46. The normalized spacial score (nSPS) is 28.4. The second kappa shape index (κ2) is 8.80. The molecule has 5 atom stereocenters. The molecular formula is C21H32N2O5. The quantitative estimate of drug-likeness (QED) is 0.572. The van der Waals surface area contributed by atoms with E-state index >= 15 is 0 Å². The standard InChI is InChI=1S/C21H32N2O5/c1-5-23(12(2)3)9-8-14-11-22-17-10-15(6-7-16(14)17)28-21-20(26)19(25)18(24)13(4)27-21/h6-7,10-13,18-22,24-26H,5,8-9H2,1-4H3. The zero-order chi connectivity index (χ0) is 20.4. The maximum absolute atomic E-state index is 10.1. The number of nitrogens with zero attached hydrogens (tertiary/aromatic N) is 1. The predicted molar refractivity (Wildman–Crippen MR) is 107 cm³/mol. The molecule has 5 unspecified atom stereocenters. The highest BCUT2D eigenvalue weighted by Gasteiger charge is 2.43. The van der Waals surface area contributed by atoms with Crippen molar-refractivity contribution in [2.75, 3.05) is 13.1 Å². The molecule has 156 valence electrons. The first-order valence-electron chi connectivity index (χ1n) is 10.0. The fourth-order valence-electron chi connectivity index (χ4n) is 3.74. The second-order valence-corrected chi connectivity index (χ2v) is 7.79. The summed E-state index contributed by atoms with van der Waals surface area (Å²) in [5.41, 5.74) is 2.20. The number of likely N-dealkylation sites (N-methyl/N-ethyl adjacent to an activating group) is 1. The minimum Gasteiger partial charge on any atom is -0.462 e. The van der Waals surface area contributed by atoms with Gasteiger partial charge in [-0.1, -0.05) is 6.92 Å². The fraction of sp³-hybridized carbons (Fsp3) is 0.619. The van der Waals surface area contributed by atoms with Crippen molar-refractivity contribution in [3.05, 3.63) is 30.0 Å². The second-order valence-electron chi connectivity index (χ2n) is 7.79. The average Bonchev–Trinajstić information content (AvgIpc) is 3.07. The summed E-state index contributed by atoms with van der Waals surface area (Å²) in [6.45, 7) is 10.3. The van der Waals surface area contributed by atoms with Crippen molar-refractivity contribution in [3.63, 3.8) is 0 Å². The molecule has 7 nitrogen and oxygen atoms in total. The largest absolute Gasteiger partial charge is 0.462 e. The highest BCUT2D eigenvalue weighted by molar-refractivity contribution is 5.84. The molecule has 0 amide bonds. The van der Waals surface area contributed by atoms with Crippen LogP contribution in [0.25, 0.3) is 10.9 Å². The van der Waals surface area contributed by atoms with Crippen LogP contribution in [-0.4, -0.2) is 75.0 Å². The Labute approximate surface area is 165 Å². The van der Waals surface area contributed by atoms with E-state index in [-0.39, 0.29) is 0 Å². The number of ether oxygens (including phenoxy) is 2. The molecule has 2 heterocycles. The molecule has 3 rings (SSSR count). The van der Waals surface area contributed by atoms with Crippen LogP contribution in [0.1, 0.15) is 33.3 Å². The number of hydrogen-bond donors (Lipinski definition) is 4. The molecule has 0 radical (unpaired) electrons. The molecule has 1 aromatic heterocycles. The molecule has 0 aliphatic carbocycles. The molecule has 1 saturated heterocycles. The Morgan fingerprint density at radius 1 is 1.18 bits per heavy atom. The van der Waals surface area contributed by atoms with Gasteiger partial charge < -0.3 is 34.7 Å². The summed E-state index contributed by atoms with van der Waals surface area (Å²) in [4.78, 5) is 5.71. The zero-order valence-corrected chi connectivity index (χ0v) is 17.0. The minimum absolute atomic E-state index is 0.522. The molecule has 0 saturated carbocycles. The van der Waals surface area contributed by atoms with Gasteiger partial charge in [0.15, 0.2) is 0 Å². The summed E-state index contributed by atoms with van der Waals surface area (Å²) in [7, 11) is 0. The van der Waals surface area contributed by atoms with E-state index in [0.29, 0.717) is 11.8 Å². The Bertz CT molecular complexity index is 777. The highest BCUT2D eigenvalue weighted by Crippen LogP contribution is 2.28. The van der Waals surface area contributed by atoms with Crippen LogP contribution >= 0.6 is 0 Å². The van der Waals surface area contributed by atoms with Crippen molar-refractivity contribution in [2.45, 2.75) is 70.9 Å². The lowest BCUT2D eigenvalue weighted by molar-refractivity contribution is -0.268. The Hall–Kier alpha value is -1.64. The van der Waals surface area contributed by atoms with E-state index in [4.69, 9.17) is 9.47 Å². The number of hydrogen-bond acceptors (Lipinski definition) is 6. The number of rotatable bonds is 7. The van der Waals surface area contributed by atoms with Gasteiger partial charge in [-0.15, -0.1) is 0 Å². The lowest BCUT2D eigenvalue weighted by Crippen LogP contribution is -2.58. The van der Waals surface area contributed by atoms with Crippen LogP contribution in [0.5, 0.6) is 5.75 Å². The van der Waals surface area contributed by atoms with Gasteiger partial charge in [-0.25, -0.2) is 0 Å². The first-order chi connectivity index (χ1) is 13.3. The van der Waals surface area contributed by atoms with Crippen LogP contribution in [0.4, 0.5) is 0 Å². The smallest absolute Gasteiger partial charge is 0.229 e. The molecular weight excluding hydrogens is 360 g/mol. The molecule has 4 N–H and O–H groups in total. The van der Waals surface area contributed by atoms with E-state index in [1.165, 1.54) is 5.56 Å². The summed E-state index contributed by atoms with van der Waals surface area (Å²) in [6, 6.07) is 6.20. The van der Waals surface area contributed by atoms with Crippen molar-refractivity contribution >= 4 is 10.9 Å². The lowest BCUT2D eigenvalue weighted by atomic mass is 10.00. The van der Waals surface area contributed by atoms with Crippen LogP contribution in [0.15, 0.2) is 24.4 Å². The van der Waals surface area contributed by atoms with Crippen LogP contribution < -0.4 is 4.74 Å². The molecule has 0 spiro atoms. The highest BCUT2D eigenvalue weighted by atomic mass is 16.7. The number of fused-ring (bicyclic) bond motifs is 1. The Balaban J connectivity index is 1.70. The summed E-state index contributed by atoms with van der Waals surface area (Å²) in [5, 5.41) is 31.0. The van der Waals surface area contributed by atoms with Crippen LogP contribution in [-0.2, 0) is 11.2 Å². The third kappa shape index (κ3) is 4.34. The monoisotopic (exact) mass is 392 g/mol. The summed E-state index contributed by atoms with van der Waals surface area (Å²) < 4.78 is 11.3. The van der Waals surface area contributed by atoms with Crippen LogP contribution in [0.2, 0.25) is 0 Å². The first kappa shape index (κ1) is 21.1. The zero-order valence-electron chi connectivity index (χ0n) is 17.0. The average molecular weight is 392 g/mol. The van der Waals surface area contributed by atoms with Gasteiger partial charge in [0.2, 0.25) is 6.29 Å². The molecule has 1 aromatic carbocycles. The van der Waals surface area contributed by atoms with Crippen LogP contribution in [0.3, 0.4) is 0 Å². The third-order valence-corrected chi connectivity index (χ3v) is 5.60. The first-order valence-corrected chi connectivity index (χ1v) is 10.0. The van der Waals surface area contributed by atoms with Gasteiger partial charge in [0, 0.05) is 35.8 Å². The minimum atomic E-state index is -1.32. The van der Waals surface area contributed by atoms with E-state index in [9.17, 15) is 15.3 Å². The van der Waals surface area contributed by atoms with Gasteiger partial charge in [-0.05, 0) is 51.4 Å². The number of aliphatic hydroxyl groups is 3. The van der Waals surface area contributed by atoms with Crippen LogP contribution in [0, 0.1) is 0 Å². The van der Waals surface area contributed by atoms with E-state index in [1.54, 1.807) is 6.92 Å². The van der Waals surface area contributed by atoms with Crippen molar-refractivity contribution in [1.29, 1.82) is 0 Å². The van der Waals surface area contributed by atoms with E-state index in [1.807, 2.05) is 24.4 Å². The van der Waals surface area contributed by atoms with Crippen molar-refractivity contribution in [2.24, 2.45) is 0 Å². The van der Waals surface area contributed by atoms with Crippen molar-refractivity contribution < 1.29 is 24.8 Å². The van der Waals surface area contributed by atoms with Gasteiger partial charge >= 0.3 is 0 Å². The Kier molecular flexibility index (Phi) is 6.62. The lowest BCUT2D eigenvalue weighted by Gasteiger charge is -2.38. The molecule has 2 aromatic rings. The summed E-state index contributed by atoms with van der Waals surface area (Å²) >= 11 is 0. The number of H-pyrrole nitrogens is 1. The summed E-state index contributed by atoms with van der Waals surface area (Å²) in [5.74, 6) is 0.526. The maximum Gasteiger partial charge on any atom is 0.229 e. The van der Waals surface area contributed by atoms with Gasteiger partial charge in [0.1, 0.15) is 24.1 Å². The number of nitrogens with one attached hydrogen (secondary N) is 1. The number of aromatic amines is 1.